The molecule has 0 heterocycles. The Balaban J connectivity index is 2.68. The Bertz CT molecular complexity index is 520. The molecule has 7 heteroatoms. The van der Waals surface area contributed by atoms with Crippen molar-refractivity contribution in [2.75, 3.05) is 25.5 Å². The summed E-state index contributed by atoms with van der Waals surface area (Å²) in [4.78, 5) is 24.3. The van der Waals surface area contributed by atoms with Crippen LogP contribution in [0.25, 0.3) is 0 Å². The number of likely N-dealkylation sites (N-methyl/N-ethyl adjacent to an activating group) is 1. The molecule has 0 aromatic heterocycles. The number of carboxylic acids is 1. The Labute approximate surface area is 122 Å². The zero-order chi connectivity index (χ0) is 16.0. The van der Waals surface area contributed by atoms with Crippen LogP contribution in [-0.2, 0) is 4.74 Å². The van der Waals surface area contributed by atoms with Crippen molar-refractivity contribution in [1.29, 1.82) is 0 Å². The molecule has 2 N–H and O–H groups in total. The quantitative estimate of drug-likeness (QED) is 0.845. The molecule has 0 spiro atoms. The molecule has 116 valence electrons. The molecule has 0 bridgehead atoms. The zero-order valence-electron chi connectivity index (χ0n) is 12.2. The molecular weight excluding hydrogens is 279 g/mol. The predicted octanol–water partition coefficient (Wildman–Crippen LogP) is 2.41. The van der Waals surface area contributed by atoms with Crippen LogP contribution >= 0.6 is 0 Å². The Hall–Kier alpha value is -2.15. The number of ether oxygens (including phenoxy) is 1. The second-order valence-electron chi connectivity index (χ2n) is 4.77. The van der Waals surface area contributed by atoms with Crippen LogP contribution in [0.2, 0.25) is 0 Å². The van der Waals surface area contributed by atoms with Gasteiger partial charge in [0.2, 0.25) is 0 Å². The Morgan fingerprint density at radius 1 is 1.43 bits per heavy atom. The average Bonchev–Trinajstić information content (AvgIpc) is 2.39. The van der Waals surface area contributed by atoms with Gasteiger partial charge in [-0.1, -0.05) is 0 Å². The molecule has 1 aromatic carbocycles. The van der Waals surface area contributed by atoms with Gasteiger partial charge in [-0.05, 0) is 32.0 Å². The molecule has 0 radical (unpaired) electrons. The summed E-state index contributed by atoms with van der Waals surface area (Å²) in [5.74, 6) is -1.99. The monoisotopic (exact) mass is 298 g/mol. The number of hydrogen-bond acceptors (Lipinski definition) is 3. The van der Waals surface area contributed by atoms with E-state index in [1.807, 2.05) is 13.8 Å². The van der Waals surface area contributed by atoms with Crippen LogP contribution in [0.15, 0.2) is 18.2 Å². The minimum Gasteiger partial charge on any atom is -0.478 e. The van der Waals surface area contributed by atoms with E-state index in [1.165, 1.54) is 11.0 Å². The summed E-state index contributed by atoms with van der Waals surface area (Å²) < 4.78 is 18.4. The van der Waals surface area contributed by atoms with Gasteiger partial charge >= 0.3 is 12.0 Å². The Kier molecular flexibility index (Phi) is 6.10. The summed E-state index contributed by atoms with van der Waals surface area (Å²) in [6.45, 7) is 4.50. The third-order valence-corrected chi connectivity index (χ3v) is 2.68. The molecule has 21 heavy (non-hydrogen) atoms. The number of amides is 2. The molecule has 0 saturated carbocycles. The number of carbonyl (C=O) groups excluding carboxylic acids is 1. The number of carboxylic acid groups (broad SMARTS) is 1. The number of nitrogens with zero attached hydrogens (tertiary/aromatic N) is 1. The standard InChI is InChI=1S/C14H19FN2O4/c1-9(2)21-7-6-17(3)14(20)16-12-5-4-10(15)8-11(12)13(18)19/h4-5,8-9H,6-7H2,1-3H3,(H,16,20)(H,18,19). The number of aromatic carboxylic acids is 1. The molecule has 0 aliphatic rings. The fraction of sp³-hybridized carbons (Fsp3) is 0.429. The van der Waals surface area contributed by atoms with Gasteiger partial charge in [0.15, 0.2) is 0 Å². The Morgan fingerprint density at radius 2 is 2.10 bits per heavy atom. The van der Waals surface area contributed by atoms with Gasteiger partial charge < -0.3 is 20.1 Å². The maximum Gasteiger partial charge on any atom is 0.337 e. The van der Waals surface area contributed by atoms with Gasteiger partial charge in [-0.25, -0.2) is 14.0 Å². The zero-order valence-corrected chi connectivity index (χ0v) is 12.2. The van der Waals surface area contributed by atoms with E-state index >= 15 is 0 Å². The fourth-order valence-electron chi connectivity index (χ4n) is 1.54. The lowest BCUT2D eigenvalue weighted by atomic mass is 10.1. The summed E-state index contributed by atoms with van der Waals surface area (Å²) in [6.07, 6.45) is 0.0668. The van der Waals surface area contributed by atoms with Crippen LogP contribution < -0.4 is 5.32 Å². The predicted molar refractivity (Wildman–Crippen MR) is 76.1 cm³/mol. The minimum atomic E-state index is -1.31. The number of hydrogen-bond donors (Lipinski definition) is 2. The van der Waals surface area contributed by atoms with Crippen molar-refractivity contribution in [2.45, 2.75) is 20.0 Å². The van der Waals surface area contributed by atoms with Gasteiger partial charge in [0, 0.05) is 13.6 Å². The number of rotatable bonds is 6. The summed E-state index contributed by atoms with van der Waals surface area (Å²) in [6, 6.07) is 2.68. The van der Waals surface area contributed by atoms with E-state index in [9.17, 15) is 14.0 Å². The van der Waals surface area contributed by atoms with Crippen molar-refractivity contribution in [3.05, 3.63) is 29.6 Å². The molecular formula is C14H19FN2O4. The lowest BCUT2D eigenvalue weighted by Gasteiger charge is -2.19. The van der Waals surface area contributed by atoms with Crippen molar-refractivity contribution in [3.8, 4) is 0 Å². The highest BCUT2D eigenvalue weighted by Gasteiger charge is 2.15. The third kappa shape index (κ3) is 5.39. The first kappa shape index (κ1) is 16.9. The molecule has 1 aromatic rings. The van der Waals surface area contributed by atoms with E-state index in [2.05, 4.69) is 5.32 Å². The van der Waals surface area contributed by atoms with Crippen LogP contribution in [-0.4, -0.2) is 48.3 Å². The molecule has 0 aliphatic carbocycles. The van der Waals surface area contributed by atoms with E-state index in [4.69, 9.17) is 9.84 Å². The first-order valence-electron chi connectivity index (χ1n) is 6.47. The third-order valence-electron chi connectivity index (χ3n) is 2.68. The van der Waals surface area contributed by atoms with Crippen molar-refractivity contribution in [1.82, 2.24) is 4.90 Å². The Morgan fingerprint density at radius 3 is 2.67 bits per heavy atom. The van der Waals surface area contributed by atoms with Crippen LogP contribution in [0, 0.1) is 5.82 Å². The second kappa shape index (κ2) is 7.58. The first-order chi connectivity index (χ1) is 9.81. The van der Waals surface area contributed by atoms with Gasteiger partial charge in [-0.2, -0.15) is 0 Å². The maximum atomic E-state index is 13.0. The average molecular weight is 298 g/mol. The number of halogens is 1. The fourth-order valence-corrected chi connectivity index (χ4v) is 1.54. The highest BCUT2D eigenvalue weighted by molar-refractivity contribution is 5.99. The molecule has 2 amide bonds. The SMILES string of the molecule is CC(C)OCCN(C)C(=O)Nc1ccc(F)cc1C(=O)O. The number of urea groups is 1. The molecule has 0 aliphatic heterocycles. The van der Waals surface area contributed by atoms with Crippen LogP contribution in [0.4, 0.5) is 14.9 Å². The topological polar surface area (TPSA) is 78.9 Å². The molecule has 0 atom stereocenters. The van der Waals surface area contributed by atoms with E-state index in [-0.39, 0.29) is 17.4 Å². The molecule has 0 unspecified atom stereocenters. The lowest BCUT2D eigenvalue weighted by Crippen LogP contribution is -2.34. The molecule has 1 rings (SSSR count). The normalized spacial score (nSPS) is 10.5. The number of anilines is 1. The highest BCUT2D eigenvalue weighted by atomic mass is 19.1. The summed E-state index contributed by atoms with van der Waals surface area (Å²) in [5.41, 5.74) is -0.249. The molecule has 6 nitrogen and oxygen atoms in total. The van der Waals surface area contributed by atoms with Crippen molar-refractivity contribution in [3.63, 3.8) is 0 Å². The molecule has 0 fully saturated rings. The van der Waals surface area contributed by atoms with Crippen LogP contribution in [0.5, 0.6) is 0 Å². The summed E-state index contributed by atoms with van der Waals surface area (Å²) in [5, 5.41) is 11.4. The summed E-state index contributed by atoms with van der Waals surface area (Å²) in [7, 11) is 1.56. The highest BCUT2D eigenvalue weighted by Crippen LogP contribution is 2.17. The maximum absolute atomic E-state index is 13.0. The van der Waals surface area contributed by atoms with E-state index in [0.29, 0.717) is 13.2 Å². The van der Waals surface area contributed by atoms with Crippen molar-refractivity contribution >= 4 is 17.7 Å². The van der Waals surface area contributed by atoms with Crippen LogP contribution in [0.3, 0.4) is 0 Å². The van der Waals surface area contributed by atoms with Crippen molar-refractivity contribution < 1.29 is 23.8 Å². The second-order valence-corrected chi connectivity index (χ2v) is 4.77. The van der Waals surface area contributed by atoms with Gasteiger partial charge in [-0.15, -0.1) is 0 Å². The lowest BCUT2D eigenvalue weighted by molar-refractivity contribution is 0.0687. The van der Waals surface area contributed by atoms with Gasteiger partial charge in [0.1, 0.15) is 5.82 Å². The summed E-state index contributed by atoms with van der Waals surface area (Å²) >= 11 is 0. The molecule has 0 saturated heterocycles. The number of benzene rings is 1. The smallest absolute Gasteiger partial charge is 0.337 e. The van der Waals surface area contributed by atoms with Crippen molar-refractivity contribution in [2.24, 2.45) is 0 Å². The minimum absolute atomic E-state index is 0.0468. The van der Waals surface area contributed by atoms with Gasteiger partial charge in [0.05, 0.1) is 24.0 Å². The first-order valence-corrected chi connectivity index (χ1v) is 6.47. The number of nitrogens with one attached hydrogen (secondary N) is 1. The van der Waals surface area contributed by atoms with E-state index < -0.39 is 17.8 Å². The van der Waals surface area contributed by atoms with Gasteiger partial charge in [-0.3, -0.25) is 0 Å². The van der Waals surface area contributed by atoms with E-state index in [0.717, 1.165) is 12.1 Å². The van der Waals surface area contributed by atoms with E-state index in [1.54, 1.807) is 7.05 Å². The number of carbonyl (C=O) groups is 2. The van der Waals surface area contributed by atoms with Gasteiger partial charge in [0.25, 0.3) is 0 Å². The van der Waals surface area contributed by atoms with Crippen LogP contribution in [0.1, 0.15) is 24.2 Å². The largest absolute Gasteiger partial charge is 0.478 e.